The SMILES string of the molecule is Cc1cccn2cc(CSc3nc4ccccc4c(=O)n3-c3ccccc3F)nc12. The lowest BCUT2D eigenvalue weighted by atomic mass is 10.2. The summed E-state index contributed by atoms with van der Waals surface area (Å²) in [5.41, 5.74) is 3.32. The summed E-state index contributed by atoms with van der Waals surface area (Å²) in [5, 5.41) is 0.881. The molecule has 0 saturated carbocycles. The van der Waals surface area contributed by atoms with Crippen molar-refractivity contribution in [3.8, 4) is 5.69 Å². The first-order valence-electron chi connectivity index (χ1n) is 9.44. The van der Waals surface area contributed by atoms with Crippen LogP contribution < -0.4 is 5.56 Å². The molecule has 0 aliphatic rings. The van der Waals surface area contributed by atoms with Crippen molar-refractivity contribution in [1.82, 2.24) is 18.9 Å². The molecule has 0 unspecified atom stereocenters. The van der Waals surface area contributed by atoms with E-state index in [2.05, 4.69) is 9.97 Å². The molecule has 5 rings (SSSR count). The van der Waals surface area contributed by atoms with Gasteiger partial charge in [-0.1, -0.05) is 42.1 Å². The van der Waals surface area contributed by atoms with Gasteiger partial charge in [-0.25, -0.2) is 14.4 Å². The Labute approximate surface area is 175 Å². The van der Waals surface area contributed by atoms with Gasteiger partial charge in [0.25, 0.3) is 5.56 Å². The number of rotatable bonds is 4. The van der Waals surface area contributed by atoms with Crippen molar-refractivity contribution in [2.45, 2.75) is 17.8 Å². The first kappa shape index (κ1) is 18.6. The highest BCUT2D eigenvalue weighted by Crippen LogP contribution is 2.26. The van der Waals surface area contributed by atoms with Crippen molar-refractivity contribution < 1.29 is 4.39 Å². The Morgan fingerprint density at radius 2 is 1.80 bits per heavy atom. The molecule has 0 amide bonds. The van der Waals surface area contributed by atoms with Crippen molar-refractivity contribution in [3.05, 3.63) is 100 Å². The number of thioether (sulfide) groups is 1. The van der Waals surface area contributed by atoms with Crippen LogP contribution in [0.5, 0.6) is 0 Å². The second-order valence-electron chi connectivity index (χ2n) is 6.95. The molecule has 3 heterocycles. The second-order valence-corrected chi connectivity index (χ2v) is 7.89. The smallest absolute Gasteiger partial charge is 0.266 e. The zero-order valence-electron chi connectivity index (χ0n) is 16.1. The van der Waals surface area contributed by atoms with E-state index in [0.29, 0.717) is 21.8 Å². The van der Waals surface area contributed by atoms with Crippen molar-refractivity contribution in [2.75, 3.05) is 0 Å². The summed E-state index contributed by atoms with van der Waals surface area (Å²) in [6.07, 6.45) is 3.91. The quantitative estimate of drug-likeness (QED) is 0.313. The molecule has 0 aliphatic carbocycles. The molecule has 2 aromatic carbocycles. The number of hydrogen-bond donors (Lipinski definition) is 0. The Hall–Kier alpha value is -3.45. The minimum atomic E-state index is -0.470. The van der Waals surface area contributed by atoms with Gasteiger partial charge < -0.3 is 4.40 Å². The van der Waals surface area contributed by atoms with Gasteiger partial charge in [-0.3, -0.25) is 9.36 Å². The molecule has 0 N–H and O–H groups in total. The fraction of sp³-hybridized carbons (Fsp3) is 0.0870. The number of halogens is 1. The number of para-hydroxylation sites is 2. The van der Waals surface area contributed by atoms with E-state index in [-0.39, 0.29) is 11.2 Å². The van der Waals surface area contributed by atoms with Crippen molar-refractivity contribution >= 4 is 28.3 Å². The van der Waals surface area contributed by atoms with Crippen LogP contribution in [0.2, 0.25) is 0 Å². The Balaban J connectivity index is 1.62. The standard InChI is InChI=1S/C23H17FN4OS/c1-15-7-6-12-27-13-16(25-21(15)27)14-30-23-26-19-10-4-2-8-17(19)22(29)28(23)20-11-5-3-9-18(20)24/h2-13H,14H2,1H3. The molecular formula is C23H17FN4OS. The van der Waals surface area contributed by atoms with Gasteiger partial charge in [0.05, 0.1) is 22.3 Å². The summed E-state index contributed by atoms with van der Waals surface area (Å²) in [7, 11) is 0. The Kier molecular flexibility index (Phi) is 4.59. The molecule has 3 aromatic heterocycles. The molecular weight excluding hydrogens is 399 g/mol. The highest BCUT2D eigenvalue weighted by molar-refractivity contribution is 7.98. The molecule has 5 aromatic rings. The Bertz CT molecular complexity index is 1460. The minimum Gasteiger partial charge on any atom is -0.307 e. The Morgan fingerprint density at radius 3 is 2.63 bits per heavy atom. The third-order valence-corrected chi connectivity index (χ3v) is 5.89. The van der Waals surface area contributed by atoms with Crippen LogP contribution in [-0.2, 0) is 5.75 Å². The summed E-state index contributed by atoms with van der Waals surface area (Å²) < 4.78 is 17.9. The number of imidazole rings is 1. The van der Waals surface area contributed by atoms with Crippen molar-refractivity contribution in [1.29, 1.82) is 0 Å². The van der Waals surface area contributed by atoms with E-state index >= 15 is 0 Å². The topological polar surface area (TPSA) is 52.2 Å². The summed E-state index contributed by atoms with van der Waals surface area (Å²) >= 11 is 1.36. The van der Waals surface area contributed by atoms with E-state index < -0.39 is 5.82 Å². The van der Waals surface area contributed by atoms with Crippen LogP contribution in [0.3, 0.4) is 0 Å². The van der Waals surface area contributed by atoms with Gasteiger partial charge in [0.2, 0.25) is 0 Å². The molecule has 30 heavy (non-hydrogen) atoms. The first-order valence-corrected chi connectivity index (χ1v) is 10.4. The summed E-state index contributed by atoms with van der Waals surface area (Å²) in [6, 6.07) is 17.3. The van der Waals surface area contributed by atoms with Gasteiger partial charge in [-0.05, 0) is 42.8 Å². The van der Waals surface area contributed by atoms with Crippen LogP contribution in [0.15, 0.2) is 83.0 Å². The van der Waals surface area contributed by atoms with Crippen molar-refractivity contribution in [2.24, 2.45) is 0 Å². The van der Waals surface area contributed by atoms with Crippen LogP contribution in [0, 0.1) is 12.7 Å². The molecule has 148 valence electrons. The van der Waals surface area contributed by atoms with Crippen molar-refractivity contribution in [3.63, 3.8) is 0 Å². The number of hydrogen-bond acceptors (Lipinski definition) is 4. The number of aromatic nitrogens is 4. The molecule has 0 aliphatic heterocycles. The number of pyridine rings is 1. The predicted molar refractivity (Wildman–Crippen MR) is 117 cm³/mol. The van der Waals surface area contributed by atoms with E-state index in [0.717, 1.165) is 16.9 Å². The fourth-order valence-electron chi connectivity index (χ4n) is 3.47. The normalized spacial score (nSPS) is 11.4. The lowest BCUT2D eigenvalue weighted by Crippen LogP contribution is -2.22. The molecule has 0 bridgehead atoms. The van der Waals surface area contributed by atoms with Gasteiger partial charge in [0, 0.05) is 18.1 Å². The van der Waals surface area contributed by atoms with E-state index in [1.807, 2.05) is 41.9 Å². The summed E-state index contributed by atoms with van der Waals surface area (Å²) in [4.78, 5) is 22.6. The van der Waals surface area contributed by atoms with E-state index in [1.54, 1.807) is 36.4 Å². The third kappa shape index (κ3) is 3.17. The zero-order chi connectivity index (χ0) is 20.7. The average Bonchev–Trinajstić information content (AvgIpc) is 3.18. The molecule has 7 heteroatoms. The molecule has 0 saturated heterocycles. The average molecular weight is 416 g/mol. The molecule has 0 radical (unpaired) electrons. The van der Waals surface area contributed by atoms with Gasteiger partial charge in [0.15, 0.2) is 5.16 Å². The molecule has 5 nitrogen and oxygen atoms in total. The van der Waals surface area contributed by atoms with Gasteiger partial charge in [0.1, 0.15) is 11.5 Å². The van der Waals surface area contributed by atoms with Gasteiger partial charge in [-0.2, -0.15) is 0 Å². The van der Waals surface area contributed by atoms with E-state index in [1.165, 1.54) is 22.4 Å². The molecule has 0 atom stereocenters. The van der Waals surface area contributed by atoms with Crippen LogP contribution in [-0.4, -0.2) is 18.9 Å². The first-order chi connectivity index (χ1) is 14.6. The van der Waals surface area contributed by atoms with Crippen LogP contribution in [0.1, 0.15) is 11.3 Å². The number of benzene rings is 2. The monoisotopic (exact) mass is 416 g/mol. The zero-order valence-corrected chi connectivity index (χ0v) is 16.9. The Morgan fingerprint density at radius 1 is 1.00 bits per heavy atom. The molecule has 0 spiro atoms. The van der Waals surface area contributed by atoms with Gasteiger partial charge >= 0.3 is 0 Å². The fourth-order valence-corrected chi connectivity index (χ4v) is 4.36. The van der Waals surface area contributed by atoms with Crippen LogP contribution >= 0.6 is 11.8 Å². The highest BCUT2D eigenvalue weighted by atomic mass is 32.2. The number of aryl methyl sites for hydroxylation is 1. The van der Waals surface area contributed by atoms with E-state index in [9.17, 15) is 9.18 Å². The largest absolute Gasteiger partial charge is 0.307 e. The highest BCUT2D eigenvalue weighted by Gasteiger charge is 2.16. The molecule has 0 fully saturated rings. The maximum absolute atomic E-state index is 14.6. The predicted octanol–water partition coefficient (Wildman–Crippen LogP) is 4.77. The van der Waals surface area contributed by atoms with E-state index in [4.69, 9.17) is 0 Å². The maximum Gasteiger partial charge on any atom is 0.266 e. The lowest BCUT2D eigenvalue weighted by molar-refractivity contribution is 0.608. The van der Waals surface area contributed by atoms with Crippen LogP contribution in [0.4, 0.5) is 4.39 Å². The van der Waals surface area contributed by atoms with Gasteiger partial charge in [-0.15, -0.1) is 0 Å². The minimum absolute atomic E-state index is 0.189. The lowest BCUT2D eigenvalue weighted by Gasteiger charge is -2.13. The second kappa shape index (κ2) is 7.42. The maximum atomic E-state index is 14.6. The number of nitrogens with zero attached hydrogens (tertiary/aromatic N) is 4. The van der Waals surface area contributed by atoms with Crippen LogP contribution in [0.25, 0.3) is 22.2 Å². The number of fused-ring (bicyclic) bond motifs is 2. The summed E-state index contributed by atoms with van der Waals surface area (Å²) in [6.45, 7) is 2.01. The third-order valence-electron chi connectivity index (χ3n) is 4.92. The summed E-state index contributed by atoms with van der Waals surface area (Å²) in [5.74, 6) is 0.0299.